The van der Waals surface area contributed by atoms with Gasteiger partial charge >= 0.3 is 0 Å². The number of rotatable bonds is 2. The molecule has 1 aliphatic heterocycles. The summed E-state index contributed by atoms with van der Waals surface area (Å²) < 4.78 is 0. The molecule has 18 heavy (non-hydrogen) atoms. The second kappa shape index (κ2) is 4.83. The highest BCUT2D eigenvalue weighted by atomic mass is 14.8. The van der Waals surface area contributed by atoms with Gasteiger partial charge in [-0.2, -0.15) is 0 Å². The summed E-state index contributed by atoms with van der Waals surface area (Å²) in [6, 6.07) is 0. The van der Waals surface area contributed by atoms with E-state index < -0.39 is 0 Å². The summed E-state index contributed by atoms with van der Waals surface area (Å²) in [7, 11) is 0. The zero-order valence-electron chi connectivity index (χ0n) is 12.0. The van der Waals surface area contributed by atoms with Crippen molar-refractivity contribution in [3.8, 4) is 0 Å². The van der Waals surface area contributed by atoms with Crippen LogP contribution in [-0.2, 0) is 0 Å². The van der Waals surface area contributed by atoms with E-state index in [1.807, 2.05) is 0 Å². The van der Waals surface area contributed by atoms with Crippen LogP contribution < -0.4 is 0 Å². The smallest absolute Gasteiger partial charge is 0.0481 e. The second-order valence-corrected chi connectivity index (χ2v) is 6.82. The third kappa shape index (κ3) is 1.96. The Morgan fingerprint density at radius 1 is 1.22 bits per heavy atom. The lowest BCUT2D eigenvalue weighted by Gasteiger charge is -2.49. The summed E-state index contributed by atoms with van der Waals surface area (Å²) in [5.74, 6) is 1.74. The molecule has 2 unspecified atom stereocenters. The lowest BCUT2D eigenvalue weighted by atomic mass is 9.56. The summed E-state index contributed by atoms with van der Waals surface area (Å²) in [6.45, 7) is 4.78. The Balaban J connectivity index is 1.72. The van der Waals surface area contributed by atoms with Crippen LogP contribution in [0.1, 0.15) is 71.6 Å². The van der Waals surface area contributed by atoms with Gasteiger partial charge in [0.1, 0.15) is 0 Å². The van der Waals surface area contributed by atoms with Gasteiger partial charge < -0.3 is 0 Å². The normalized spacial score (nSPS) is 34.8. The Bertz CT molecular complexity index is 371. The quantitative estimate of drug-likeness (QED) is 0.640. The number of hydrogen-bond donors (Lipinski definition) is 0. The Morgan fingerprint density at radius 2 is 2.00 bits per heavy atom. The van der Waals surface area contributed by atoms with Crippen molar-refractivity contribution in [2.45, 2.75) is 71.6 Å². The van der Waals surface area contributed by atoms with Crippen LogP contribution in [0.3, 0.4) is 0 Å². The zero-order chi connectivity index (χ0) is 12.6. The van der Waals surface area contributed by atoms with Gasteiger partial charge in [0.15, 0.2) is 0 Å². The molecule has 0 bridgehead atoms. The van der Waals surface area contributed by atoms with Crippen LogP contribution in [-0.4, -0.2) is 5.71 Å². The lowest BCUT2D eigenvalue weighted by molar-refractivity contribution is 0.0449. The molecule has 0 radical (unpaired) electrons. The van der Waals surface area contributed by atoms with Crippen molar-refractivity contribution in [3.05, 3.63) is 11.8 Å². The third-order valence-corrected chi connectivity index (χ3v) is 5.95. The minimum atomic E-state index is 0.679. The van der Waals surface area contributed by atoms with Gasteiger partial charge in [0.2, 0.25) is 0 Å². The molecule has 0 N–H and O–H groups in total. The fraction of sp³-hybridized carbons (Fsp3) is 0.824. The predicted molar refractivity (Wildman–Crippen MR) is 77.8 cm³/mol. The predicted octanol–water partition coefficient (Wildman–Crippen LogP) is 5.12. The second-order valence-electron chi connectivity index (χ2n) is 6.82. The monoisotopic (exact) mass is 245 g/mol. The molecule has 0 saturated heterocycles. The summed E-state index contributed by atoms with van der Waals surface area (Å²) in [5, 5.41) is 0. The zero-order valence-corrected chi connectivity index (χ0v) is 12.0. The molecule has 2 aliphatic carbocycles. The van der Waals surface area contributed by atoms with Crippen LogP contribution in [0, 0.1) is 17.3 Å². The minimum Gasteiger partial charge on any atom is -0.260 e. The molecule has 2 fully saturated rings. The van der Waals surface area contributed by atoms with E-state index in [1.165, 1.54) is 63.5 Å². The maximum atomic E-state index is 4.60. The number of nitrogens with zero attached hydrogens (tertiary/aromatic N) is 1. The van der Waals surface area contributed by atoms with E-state index in [1.54, 1.807) is 5.57 Å². The Kier molecular flexibility index (Phi) is 3.34. The molecule has 2 atom stereocenters. The average molecular weight is 245 g/mol. The molecule has 3 rings (SSSR count). The van der Waals surface area contributed by atoms with Crippen molar-refractivity contribution < 1.29 is 0 Å². The maximum absolute atomic E-state index is 4.60. The third-order valence-electron chi connectivity index (χ3n) is 5.95. The van der Waals surface area contributed by atoms with Crippen LogP contribution in [0.2, 0.25) is 0 Å². The van der Waals surface area contributed by atoms with Gasteiger partial charge in [-0.1, -0.05) is 33.1 Å². The van der Waals surface area contributed by atoms with Crippen molar-refractivity contribution >= 4 is 5.71 Å². The topological polar surface area (TPSA) is 12.4 Å². The first-order valence-electron chi connectivity index (χ1n) is 8.02. The fourth-order valence-corrected chi connectivity index (χ4v) is 4.61. The number of aliphatic imine (C=N–C) groups is 1. The van der Waals surface area contributed by atoms with Crippen molar-refractivity contribution in [2.24, 2.45) is 22.2 Å². The average Bonchev–Trinajstić information content (AvgIpc) is 2.34. The molecular weight excluding hydrogens is 218 g/mol. The van der Waals surface area contributed by atoms with Crippen molar-refractivity contribution in [3.63, 3.8) is 0 Å². The molecule has 3 aliphatic rings. The van der Waals surface area contributed by atoms with Gasteiger partial charge in [0.05, 0.1) is 0 Å². The van der Waals surface area contributed by atoms with Gasteiger partial charge in [-0.05, 0) is 55.4 Å². The van der Waals surface area contributed by atoms with E-state index in [0.717, 1.165) is 11.8 Å². The van der Waals surface area contributed by atoms with Crippen LogP contribution in [0.15, 0.2) is 16.8 Å². The molecule has 0 amide bonds. The minimum absolute atomic E-state index is 0.679. The molecular formula is C17H27N. The molecule has 0 aromatic rings. The SMILES string of the molecule is CCC1=CN=C1C1CCC(C)C2(CCCCC2)C1. The first kappa shape index (κ1) is 12.4. The molecule has 0 aromatic carbocycles. The standard InChI is InChI=1S/C17H27N/c1-3-14-12-18-16(14)15-8-7-13(2)17(11-15)9-5-4-6-10-17/h12-13,15H,3-11H2,1-2H3. The first-order valence-corrected chi connectivity index (χ1v) is 8.02. The summed E-state index contributed by atoms with van der Waals surface area (Å²) in [6.07, 6.45) is 14.9. The van der Waals surface area contributed by atoms with Crippen LogP contribution >= 0.6 is 0 Å². The molecule has 1 heterocycles. The van der Waals surface area contributed by atoms with E-state index in [-0.39, 0.29) is 0 Å². The Labute approximate surface area is 112 Å². The Morgan fingerprint density at radius 3 is 2.61 bits per heavy atom. The van der Waals surface area contributed by atoms with E-state index in [4.69, 9.17) is 0 Å². The molecule has 0 aromatic heterocycles. The van der Waals surface area contributed by atoms with E-state index in [9.17, 15) is 0 Å². The summed E-state index contributed by atoms with van der Waals surface area (Å²) >= 11 is 0. The van der Waals surface area contributed by atoms with Crippen LogP contribution in [0.25, 0.3) is 0 Å². The highest BCUT2D eigenvalue weighted by molar-refractivity contribution is 6.06. The number of allylic oxidation sites excluding steroid dienone is 1. The van der Waals surface area contributed by atoms with Gasteiger partial charge in [-0.3, -0.25) is 4.99 Å². The van der Waals surface area contributed by atoms with Crippen LogP contribution in [0.5, 0.6) is 0 Å². The molecule has 1 spiro atoms. The molecule has 100 valence electrons. The summed E-state index contributed by atoms with van der Waals surface area (Å²) in [5.41, 5.74) is 3.70. The van der Waals surface area contributed by atoms with E-state index >= 15 is 0 Å². The lowest BCUT2D eigenvalue weighted by Crippen LogP contribution is -2.40. The van der Waals surface area contributed by atoms with Gasteiger partial charge in [-0.25, -0.2) is 0 Å². The van der Waals surface area contributed by atoms with Crippen molar-refractivity contribution in [1.29, 1.82) is 0 Å². The first-order chi connectivity index (χ1) is 8.75. The highest BCUT2D eigenvalue weighted by Gasteiger charge is 2.43. The van der Waals surface area contributed by atoms with Gasteiger partial charge in [0.25, 0.3) is 0 Å². The summed E-state index contributed by atoms with van der Waals surface area (Å²) in [4.78, 5) is 4.60. The Hall–Kier alpha value is -0.590. The molecule has 1 heteroatoms. The van der Waals surface area contributed by atoms with E-state index in [2.05, 4.69) is 25.0 Å². The van der Waals surface area contributed by atoms with Gasteiger partial charge in [-0.15, -0.1) is 0 Å². The fourth-order valence-electron chi connectivity index (χ4n) is 4.61. The van der Waals surface area contributed by atoms with E-state index in [0.29, 0.717) is 5.41 Å². The number of hydrogen-bond acceptors (Lipinski definition) is 1. The maximum Gasteiger partial charge on any atom is 0.0481 e. The van der Waals surface area contributed by atoms with Gasteiger partial charge in [0, 0.05) is 17.8 Å². The largest absolute Gasteiger partial charge is 0.260 e. The molecule has 2 saturated carbocycles. The van der Waals surface area contributed by atoms with Crippen molar-refractivity contribution in [1.82, 2.24) is 0 Å². The highest BCUT2D eigenvalue weighted by Crippen LogP contribution is 2.53. The molecule has 1 nitrogen and oxygen atoms in total. The van der Waals surface area contributed by atoms with Crippen molar-refractivity contribution in [2.75, 3.05) is 0 Å². The van der Waals surface area contributed by atoms with Crippen LogP contribution in [0.4, 0.5) is 0 Å².